The minimum Gasteiger partial charge on any atom is -0.451 e. The number of anilines is 1. The quantitative estimate of drug-likeness (QED) is 0.755. The number of ether oxygens (including phenoxy) is 1. The summed E-state index contributed by atoms with van der Waals surface area (Å²) in [7, 11) is 0. The molecule has 0 bridgehead atoms. The van der Waals surface area contributed by atoms with Crippen molar-refractivity contribution in [3.63, 3.8) is 0 Å². The van der Waals surface area contributed by atoms with E-state index in [0.717, 1.165) is 5.56 Å². The van der Waals surface area contributed by atoms with Crippen molar-refractivity contribution in [2.75, 3.05) is 11.9 Å². The Kier molecular flexibility index (Phi) is 6.68. The number of amides is 2. The second kappa shape index (κ2) is 8.96. The zero-order valence-electron chi connectivity index (χ0n) is 14.3. The summed E-state index contributed by atoms with van der Waals surface area (Å²) in [5, 5.41) is 5.36. The third-order valence-electron chi connectivity index (χ3n) is 3.34. The molecule has 1 atom stereocenters. The van der Waals surface area contributed by atoms with E-state index in [1.807, 2.05) is 19.1 Å². The number of hydrogen-bond donors (Lipinski definition) is 2. The van der Waals surface area contributed by atoms with Crippen molar-refractivity contribution >= 4 is 35.1 Å². The van der Waals surface area contributed by atoms with Gasteiger partial charge < -0.3 is 15.4 Å². The number of halogens is 1. The number of nitrogens with one attached hydrogen (secondary N) is 2. The third kappa shape index (κ3) is 5.86. The Morgan fingerprint density at radius 3 is 2.54 bits per heavy atom. The summed E-state index contributed by atoms with van der Waals surface area (Å²) in [6, 6.07) is 10.1. The first-order valence-electron chi connectivity index (χ1n) is 7.82. The highest BCUT2D eigenvalue weighted by atomic mass is 35.5. The fourth-order valence-corrected chi connectivity index (χ4v) is 2.10. The van der Waals surface area contributed by atoms with Gasteiger partial charge in [-0.15, -0.1) is 0 Å². The monoisotopic (exact) mass is 375 g/mol. The van der Waals surface area contributed by atoms with E-state index in [-0.39, 0.29) is 5.69 Å². The Morgan fingerprint density at radius 1 is 1.19 bits per heavy atom. The smallest absolute Gasteiger partial charge is 0.326 e. The molecular formula is C18H18ClN3O4. The summed E-state index contributed by atoms with van der Waals surface area (Å²) >= 11 is 5.77. The molecule has 1 heterocycles. The Labute approximate surface area is 155 Å². The topological polar surface area (TPSA) is 97.4 Å². The molecule has 0 radical (unpaired) electrons. The molecule has 0 aliphatic heterocycles. The van der Waals surface area contributed by atoms with Gasteiger partial charge in [0.1, 0.15) is 12.2 Å². The maximum atomic E-state index is 12.0. The summed E-state index contributed by atoms with van der Waals surface area (Å²) in [5.41, 5.74) is 1.74. The average Bonchev–Trinajstić information content (AvgIpc) is 2.61. The van der Waals surface area contributed by atoms with Crippen molar-refractivity contribution in [3.05, 3.63) is 58.9 Å². The SMILES string of the molecule is Cc1ccc(NC(=O)[C@H](C)OC(=O)CNC(=O)c2cc(Cl)ccn2)cc1. The van der Waals surface area contributed by atoms with Crippen LogP contribution >= 0.6 is 11.6 Å². The molecule has 0 unspecified atom stereocenters. The van der Waals surface area contributed by atoms with E-state index in [2.05, 4.69) is 15.6 Å². The standard InChI is InChI=1S/C18H18ClN3O4/c1-11-3-5-14(6-4-11)22-17(24)12(2)26-16(23)10-21-18(25)15-9-13(19)7-8-20-15/h3-9,12H,10H2,1-2H3,(H,21,25)(H,22,24)/t12-/m0/s1. The maximum absolute atomic E-state index is 12.0. The molecule has 2 N–H and O–H groups in total. The Hall–Kier alpha value is -2.93. The zero-order valence-corrected chi connectivity index (χ0v) is 15.0. The molecule has 0 aliphatic carbocycles. The summed E-state index contributed by atoms with van der Waals surface area (Å²) in [6.07, 6.45) is 0.373. The van der Waals surface area contributed by atoms with E-state index in [1.165, 1.54) is 25.3 Å². The van der Waals surface area contributed by atoms with Crippen LogP contribution in [-0.4, -0.2) is 35.4 Å². The molecule has 7 nitrogen and oxygen atoms in total. The average molecular weight is 376 g/mol. The van der Waals surface area contributed by atoms with Gasteiger partial charge in [-0.05, 0) is 38.1 Å². The Balaban J connectivity index is 1.80. The van der Waals surface area contributed by atoms with Crippen molar-refractivity contribution in [2.45, 2.75) is 20.0 Å². The molecule has 1 aromatic heterocycles. The second-order valence-corrected chi connectivity index (χ2v) is 5.97. The zero-order chi connectivity index (χ0) is 19.1. The summed E-state index contributed by atoms with van der Waals surface area (Å²) < 4.78 is 5.01. The van der Waals surface area contributed by atoms with Crippen molar-refractivity contribution in [2.24, 2.45) is 0 Å². The number of hydrogen-bond acceptors (Lipinski definition) is 5. The molecule has 2 aromatic rings. The van der Waals surface area contributed by atoms with Crippen molar-refractivity contribution in [3.8, 4) is 0 Å². The van der Waals surface area contributed by atoms with E-state index < -0.39 is 30.4 Å². The fourth-order valence-electron chi connectivity index (χ4n) is 1.95. The molecule has 0 aliphatic rings. The molecule has 0 saturated carbocycles. The van der Waals surface area contributed by atoms with Crippen LogP contribution in [0.25, 0.3) is 0 Å². The van der Waals surface area contributed by atoms with Gasteiger partial charge in [0, 0.05) is 16.9 Å². The van der Waals surface area contributed by atoms with Gasteiger partial charge in [-0.25, -0.2) is 0 Å². The summed E-state index contributed by atoms with van der Waals surface area (Å²) in [5.74, 6) is -1.78. The molecule has 2 rings (SSSR count). The van der Waals surface area contributed by atoms with Gasteiger partial charge in [0.15, 0.2) is 6.10 Å². The van der Waals surface area contributed by atoms with Gasteiger partial charge >= 0.3 is 5.97 Å². The van der Waals surface area contributed by atoms with Gasteiger partial charge in [0.2, 0.25) is 0 Å². The third-order valence-corrected chi connectivity index (χ3v) is 3.58. The number of rotatable bonds is 6. The number of esters is 1. The highest BCUT2D eigenvalue weighted by molar-refractivity contribution is 6.30. The molecule has 0 fully saturated rings. The second-order valence-electron chi connectivity index (χ2n) is 5.53. The van der Waals surface area contributed by atoms with Crippen LogP contribution in [0.1, 0.15) is 23.0 Å². The van der Waals surface area contributed by atoms with Gasteiger partial charge in [0.05, 0.1) is 0 Å². The molecular weight excluding hydrogens is 358 g/mol. The number of nitrogens with zero attached hydrogens (tertiary/aromatic N) is 1. The first-order valence-corrected chi connectivity index (χ1v) is 8.19. The molecule has 0 saturated heterocycles. The Morgan fingerprint density at radius 2 is 1.88 bits per heavy atom. The lowest BCUT2D eigenvalue weighted by atomic mass is 10.2. The van der Waals surface area contributed by atoms with Crippen LogP contribution in [0.15, 0.2) is 42.6 Å². The number of aromatic nitrogens is 1. The molecule has 2 amide bonds. The van der Waals surface area contributed by atoms with Gasteiger partial charge in [-0.2, -0.15) is 0 Å². The highest BCUT2D eigenvalue weighted by Crippen LogP contribution is 2.10. The van der Waals surface area contributed by atoms with Gasteiger partial charge in [0.25, 0.3) is 11.8 Å². The van der Waals surface area contributed by atoms with Crippen LogP contribution in [0, 0.1) is 6.92 Å². The van der Waals surface area contributed by atoms with E-state index in [4.69, 9.17) is 16.3 Å². The number of aryl methyl sites for hydroxylation is 1. The van der Waals surface area contributed by atoms with E-state index >= 15 is 0 Å². The highest BCUT2D eigenvalue weighted by Gasteiger charge is 2.18. The van der Waals surface area contributed by atoms with Crippen molar-refractivity contribution < 1.29 is 19.1 Å². The molecule has 26 heavy (non-hydrogen) atoms. The molecule has 0 spiro atoms. The van der Waals surface area contributed by atoms with E-state index in [9.17, 15) is 14.4 Å². The predicted molar refractivity (Wildman–Crippen MR) is 96.9 cm³/mol. The predicted octanol–water partition coefficient (Wildman–Crippen LogP) is 2.34. The van der Waals surface area contributed by atoms with Crippen LogP contribution in [0.4, 0.5) is 5.69 Å². The molecule has 8 heteroatoms. The number of benzene rings is 1. The minimum absolute atomic E-state index is 0.0791. The van der Waals surface area contributed by atoms with Crippen molar-refractivity contribution in [1.29, 1.82) is 0 Å². The summed E-state index contributed by atoms with van der Waals surface area (Å²) in [4.78, 5) is 39.5. The van der Waals surface area contributed by atoms with Crippen LogP contribution in [0.3, 0.4) is 0 Å². The number of carbonyl (C=O) groups is 3. The fraction of sp³-hybridized carbons (Fsp3) is 0.222. The van der Waals surface area contributed by atoms with Crippen LogP contribution in [-0.2, 0) is 14.3 Å². The summed E-state index contributed by atoms with van der Waals surface area (Å²) in [6.45, 7) is 2.99. The lowest BCUT2D eigenvalue weighted by Gasteiger charge is -2.14. The van der Waals surface area contributed by atoms with E-state index in [0.29, 0.717) is 10.7 Å². The van der Waals surface area contributed by atoms with E-state index in [1.54, 1.807) is 12.1 Å². The van der Waals surface area contributed by atoms with Crippen LogP contribution in [0.2, 0.25) is 5.02 Å². The lowest BCUT2D eigenvalue weighted by Crippen LogP contribution is -2.36. The first-order chi connectivity index (χ1) is 12.3. The molecule has 1 aromatic carbocycles. The van der Waals surface area contributed by atoms with Crippen LogP contribution < -0.4 is 10.6 Å². The van der Waals surface area contributed by atoms with Crippen molar-refractivity contribution in [1.82, 2.24) is 10.3 Å². The first kappa shape index (κ1) is 19.4. The van der Waals surface area contributed by atoms with Gasteiger partial charge in [-0.1, -0.05) is 29.3 Å². The largest absolute Gasteiger partial charge is 0.451 e. The van der Waals surface area contributed by atoms with Crippen LogP contribution in [0.5, 0.6) is 0 Å². The maximum Gasteiger partial charge on any atom is 0.326 e. The Bertz CT molecular complexity index is 808. The lowest BCUT2D eigenvalue weighted by molar-refractivity contribution is -0.152. The minimum atomic E-state index is -1.01. The van der Waals surface area contributed by atoms with Gasteiger partial charge in [-0.3, -0.25) is 19.4 Å². The number of carbonyl (C=O) groups excluding carboxylic acids is 3. The normalized spacial score (nSPS) is 11.3. The number of pyridine rings is 1. The molecule has 136 valence electrons.